The molecule has 0 bridgehead atoms. The molecule has 0 amide bonds. The van der Waals surface area contributed by atoms with Gasteiger partial charge in [0, 0.05) is 19.6 Å². The first-order chi connectivity index (χ1) is 12.3. The molecule has 122 valence electrons. The number of hydrogen-bond acceptors (Lipinski definition) is 2. The predicted molar refractivity (Wildman–Crippen MR) is 103 cm³/mol. The summed E-state index contributed by atoms with van der Waals surface area (Å²) in [6.07, 6.45) is 5.57. The monoisotopic (exact) mass is 324 g/mol. The highest BCUT2D eigenvalue weighted by Crippen LogP contribution is 2.25. The summed E-state index contributed by atoms with van der Waals surface area (Å²) in [6, 6.07) is 23.3. The lowest BCUT2D eigenvalue weighted by Gasteiger charge is -2.14. The fourth-order valence-electron chi connectivity index (χ4n) is 3.36. The van der Waals surface area contributed by atoms with Crippen LogP contribution in [0.2, 0.25) is 0 Å². The standard InChI is InChI=1S/C23H20N2/c24-17-19-4-6-20(7-5-19)22-10-9-21-15-18(3-8-23(21)16-22)11-14-25-12-1-2-13-25/h1-10,15-16H,11-14H2. The van der Waals surface area contributed by atoms with Gasteiger partial charge in [0.15, 0.2) is 0 Å². The van der Waals surface area contributed by atoms with E-state index in [2.05, 4.69) is 59.5 Å². The lowest BCUT2D eigenvalue weighted by molar-refractivity contribution is 0.357. The second-order valence-corrected chi connectivity index (χ2v) is 6.57. The number of nitriles is 1. The molecule has 0 spiro atoms. The average Bonchev–Trinajstić information content (AvgIpc) is 3.19. The molecule has 0 radical (unpaired) electrons. The van der Waals surface area contributed by atoms with Crippen molar-refractivity contribution < 1.29 is 0 Å². The van der Waals surface area contributed by atoms with Gasteiger partial charge < -0.3 is 0 Å². The first-order valence-electron chi connectivity index (χ1n) is 8.72. The van der Waals surface area contributed by atoms with Gasteiger partial charge in [-0.2, -0.15) is 5.26 Å². The molecule has 2 heteroatoms. The Balaban J connectivity index is 1.54. The topological polar surface area (TPSA) is 27.0 Å². The van der Waals surface area contributed by atoms with Crippen molar-refractivity contribution in [1.29, 1.82) is 5.26 Å². The molecule has 0 fully saturated rings. The maximum atomic E-state index is 8.92. The molecule has 4 rings (SSSR count). The zero-order valence-electron chi connectivity index (χ0n) is 14.2. The van der Waals surface area contributed by atoms with Crippen LogP contribution in [0.25, 0.3) is 21.9 Å². The molecule has 3 aromatic carbocycles. The lowest BCUT2D eigenvalue weighted by Crippen LogP contribution is -2.22. The zero-order valence-corrected chi connectivity index (χ0v) is 14.2. The van der Waals surface area contributed by atoms with Crippen LogP contribution in [0.4, 0.5) is 0 Å². The molecule has 0 unspecified atom stereocenters. The van der Waals surface area contributed by atoms with Crippen molar-refractivity contribution >= 4 is 10.8 Å². The van der Waals surface area contributed by atoms with Crippen molar-refractivity contribution in [1.82, 2.24) is 4.90 Å². The Morgan fingerprint density at radius 2 is 1.48 bits per heavy atom. The number of benzene rings is 3. The number of fused-ring (bicyclic) bond motifs is 1. The van der Waals surface area contributed by atoms with Crippen LogP contribution in [-0.2, 0) is 6.42 Å². The normalized spacial score (nSPS) is 14.0. The zero-order chi connectivity index (χ0) is 17.1. The van der Waals surface area contributed by atoms with E-state index >= 15 is 0 Å². The summed E-state index contributed by atoms with van der Waals surface area (Å²) in [7, 11) is 0. The molecule has 0 N–H and O–H groups in total. The quantitative estimate of drug-likeness (QED) is 0.645. The van der Waals surface area contributed by atoms with E-state index in [0.717, 1.165) is 31.6 Å². The molecule has 0 aliphatic carbocycles. The fourth-order valence-corrected chi connectivity index (χ4v) is 3.36. The van der Waals surface area contributed by atoms with E-state index in [4.69, 9.17) is 5.26 Å². The molecule has 0 aromatic heterocycles. The SMILES string of the molecule is N#Cc1ccc(-c2ccc3cc(CCN4CC=CC4)ccc3c2)cc1. The maximum absolute atomic E-state index is 8.92. The summed E-state index contributed by atoms with van der Waals surface area (Å²) in [5, 5.41) is 11.5. The Morgan fingerprint density at radius 3 is 2.24 bits per heavy atom. The van der Waals surface area contributed by atoms with Crippen LogP contribution in [-0.4, -0.2) is 24.5 Å². The Hall–Kier alpha value is -2.89. The molecule has 2 nitrogen and oxygen atoms in total. The van der Waals surface area contributed by atoms with Gasteiger partial charge in [0.2, 0.25) is 0 Å². The average molecular weight is 324 g/mol. The van der Waals surface area contributed by atoms with Crippen LogP contribution >= 0.6 is 0 Å². The van der Waals surface area contributed by atoms with Gasteiger partial charge in [-0.15, -0.1) is 0 Å². The Morgan fingerprint density at radius 1 is 0.800 bits per heavy atom. The van der Waals surface area contributed by atoms with Crippen LogP contribution in [0.5, 0.6) is 0 Å². The van der Waals surface area contributed by atoms with Crippen LogP contribution in [0.1, 0.15) is 11.1 Å². The van der Waals surface area contributed by atoms with E-state index in [0.29, 0.717) is 5.56 Å². The highest BCUT2D eigenvalue weighted by molar-refractivity contribution is 5.87. The first-order valence-corrected chi connectivity index (χ1v) is 8.72. The highest BCUT2D eigenvalue weighted by Gasteiger charge is 2.07. The van der Waals surface area contributed by atoms with Gasteiger partial charge in [-0.05, 0) is 52.1 Å². The molecule has 1 aliphatic rings. The van der Waals surface area contributed by atoms with Gasteiger partial charge in [0.25, 0.3) is 0 Å². The lowest BCUT2D eigenvalue weighted by atomic mass is 9.98. The number of nitrogens with zero attached hydrogens (tertiary/aromatic N) is 2. The summed E-state index contributed by atoms with van der Waals surface area (Å²) in [4.78, 5) is 2.46. The third kappa shape index (κ3) is 3.47. The van der Waals surface area contributed by atoms with Gasteiger partial charge in [0.05, 0.1) is 11.6 Å². The van der Waals surface area contributed by atoms with Crippen molar-refractivity contribution in [3.05, 3.63) is 83.9 Å². The summed E-state index contributed by atoms with van der Waals surface area (Å²) >= 11 is 0. The van der Waals surface area contributed by atoms with Crippen LogP contribution < -0.4 is 0 Å². The molecule has 0 saturated heterocycles. The molecule has 3 aromatic rings. The molecule has 25 heavy (non-hydrogen) atoms. The Kier molecular flexibility index (Phi) is 4.33. The molecule has 1 heterocycles. The van der Waals surface area contributed by atoms with Crippen molar-refractivity contribution in [3.8, 4) is 17.2 Å². The van der Waals surface area contributed by atoms with E-state index in [1.54, 1.807) is 0 Å². The second kappa shape index (κ2) is 6.93. The maximum Gasteiger partial charge on any atom is 0.0991 e. The van der Waals surface area contributed by atoms with E-state index in [-0.39, 0.29) is 0 Å². The minimum atomic E-state index is 0.697. The molecule has 0 saturated carbocycles. The van der Waals surface area contributed by atoms with E-state index in [1.165, 1.54) is 21.9 Å². The molecule has 1 aliphatic heterocycles. The highest BCUT2D eigenvalue weighted by atomic mass is 15.1. The Bertz CT molecular complexity index is 954. The minimum absolute atomic E-state index is 0.697. The van der Waals surface area contributed by atoms with Gasteiger partial charge in [0.1, 0.15) is 0 Å². The van der Waals surface area contributed by atoms with Crippen molar-refractivity contribution in [2.24, 2.45) is 0 Å². The summed E-state index contributed by atoms with van der Waals surface area (Å²) in [6.45, 7) is 3.28. The first kappa shape index (κ1) is 15.6. The number of rotatable bonds is 4. The van der Waals surface area contributed by atoms with Crippen molar-refractivity contribution in [3.63, 3.8) is 0 Å². The summed E-state index contributed by atoms with van der Waals surface area (Å²) in [5.41, 5.74) is 4.42. The third-order valence-corrected chi connectivity index (χ3v) is 4.86. The summed E-state index contributed by atoms with van der Waals surface area (Å²) < 4.78 is 0. The van der Waals surface area contributed by atoms with E-state index in [9.17, 15) is 0 Å². The molecular formula is C23H20N2. The Labute approximate surface area is 148 Å². The predicted octanol–water partition coefficient (Wildman–Crippen LogP) is 4.79. The fraction of sp³-hybridized carbons (Fsp3) is 0.174. The van der Waals surface area contributed by atoms with Gasteiger partial charge in [-0.1, -0.05) is 54.6 Å². The number of hydrogen-bond donors (Lipinski definition) is 0. The van der Waals surface area contributed by atoms with Gasteiger partial charge >= 0.3 is 0 Å². The summed E-state index contributed by atoms with van der Waals surface area (Å²) in [5.74, 6) is 0. The molecular weight excluding hydrogens is 304 g/mol. The largest absolute Gasteiger partial charge is 0.296 e. The smallest absolute Gasteiger partial charge is 0.0991 e. The van der Waals surface area contributed by atoms with Crippen LogP contribution in [0, 0.1) is 11.3 Å². The minimum Gasteiger partial charge on any atom is -0.296 e. The van der Waals surface area contributed by atoms with Gasteiger partial charge in [-0.25, -0.2) is 0 Å². The van der Waals surface area contributed by atoms with Crippen molar-refractivity contribution in [2.75, 3.05) is 19.6 Å². The van der Waals surface area contributed by atoms with E-state index < -0.39 is 0 Å². The third-order valence-electron chi connectivity index (χ3n) is 4.86. The second-order valence-electron chi connectivity index (χ2n) is 6.57. The molecule has 0 atom stereocenters. The van der Waals surface area contributed by atoms with E-state index in [1.807, 2.05) is 24.3 Å². The van der Waals surface area contributed by atoms with Gasteiger partial charge in [-0.3, -0.25) is 4.90 Å². The van der Waals surface area contributed by atoms with Crippen LogP contribution in [0.15, 0.2) is 72.8 Å². The van der Waals surface area contributed by atoms with Crippen LogP contribution in [0.3, 0.4) is 0 Å². The van der Waals surface area contributed by atoms with Crippen molar-refractivity contribution in [2.45, 2.75) is 6.42 Å².